The number of carbonyl (C=O) groups is 1. The minimum atomic E-state index is -0.177. The summed E-state index contributed by atoms with van der Waals surface area (Å²) in [6.45, 7) is 0.296. The molecule has 2 aromatic carbocycles. The van der Waals surface area contributed by atoms with Gasteiger partial charge >= 0.3 is 0 Å². The lowest BCUT2D eigenvalue weighted by molar-refractivity contribution is -0.116. The fourth-order valence-corrected chi connectivity index (χ4v) is 3.50. The lowest BCUT2D eigenvalue weighted by atomic mass is 9.86. The van der Waals surface area contributed by atoms with Gasteiger partial charge in [-0.05, 0) is 12.1 Å². The second-order valence-corrected chi connectivity index (χ2v) is 6.67. The number of amides is 1. The van der Waals surface area contributed by atoms with Crippen molar-refractivity contribution in [2.75, 3.05) is 12.4 Å². The predicted molar refractivity (Wildman–Crippen MR) is 102 cm³/mol. The summed E-state index contributed by atoms with van der Waals surface area (Å²) in [7, 11) is 1.60. The van der Waals surface area contributed by atoms with Crippen LogP contribution < -0.4 is 14.8 Å². The van der Waals surface area contributed by atoms with Crippen LogP contribution in [0.3, 0.4) is 0 Å². The zero-order valence-corrected chi connectivity index (χ0v) is 15.4. The van der Waals surface area contributed by atoms with Gasteiger partial charge in [0, 0.05) is 34.1 Å². The van der Waals surface area contributed by atoms with Crippen molar-refractivity contribution in [1.82, 2.24) is 10.2 Å². The van der Waals surface area contributed by atoms with Crippen molar-refractivity contribution in [3.8, 4) is 11.5 Å². The molecule has 7 heteroatoms. The van der Waals surface area contributed by atoms with Crippen molar-refractivity contribution in [3.63, 3.8) is 0 Å². The normalized spacial score (nSPS) is 15.8. The van der Waals surface area contributed by atoms with Crippen molar-refractivity contribution < 1.29 is 14.3 Å². The van der Waals surface area contributed by atoms with Gasteiger partial charge < -0.3 is 14.8 Å². The van der Waals surface area contributed by atoms with E-state index in [9.17, 15) is 4.79 Å². The molecule has 1 aliphatic rings. The molecule has 2 N–H and O–H groups in total. The summed E-state index contributed by atoms with van der Waals surface area (Å²) >= 11 is 6.25. The maximum atomic E-state index is 12.1. The van der Waals surface area contributed by atoms with E-state index in [1.165, 1.54) is 0 Å². The van der Waals surface area contributed by atoms with Crippen LogP contribution in [0.2, 0.25) is 5.02 Å². The summed E-state index contributed by atoms with van der Waals surface area (Å²) in [6.07, 6.45) is 2.04. The number of aromatic nitrogens is 2. The molecule has 0 spiro atoms. The SMILES string of the molecule is COc1cccc(C2CC(=O)Nc3[nH]ncc32)c1OCc1ccccc1Cl. The maximum Gasteiger partial charge on any atom is 0.226 e. The minimum Gasteiger partial charge on any atom is -0.493 e. The molecular formula is C20H18ClN3O3. The third kappa shape index (κ3) is 3.36. The number of nitrogens with one attached hydrogen (secondary N) is 2. The van der Waals surface area contributed by atoms with Crippen molar-refractivity contribution in [2.45, 2.75) is 18.9 Å². The molecule has 1 aliphatic heterocycles. The van der Waals surface area contributed by atoms with Crippen molar-refractivity contribution in [1.29, 1.82) is 0 Å². The molecule has 138 valence electrons. The molecule has 6 nitrogen and oxygen atoms in total. The Balaban J connectivity index is 1.72. The van der Waals surface area contributed by atoms with Gasteiger partial charge in [-0.2, -0.15) is 5.10 Å². The number of rotatable bonds is 5. The second kappa shape index (κ2) is 7.32. The second-order valence-electron chi connectivity index (χ2n) is 6.26. The zero-order chi connectivity index (χ0) is 18.8. The van der Waals surface area contributed by atoms with Gasteiger partial charge in [0.1, 0.15) is 12.4 Å². The fraction of sp³-hybridized carbons (Fsp3) is 0.200. The highest BCUT2D eigenvalue weighted by Gasteiger charge is 2.31. The number of anilines is 1. The molecule has 1 atom stereocenters. The van der Waals surface area contributed by atoms with Gasteiger partial charge in [0.05, 0.1) is 13.3 Å². The molecular weight excluding hydrogens is 366 g/mol. The molecule has 4 rings (SSSR count). The van der Waals surface area contributed by atoms with Gasteiger partial charge in [0.25, 0.3) is 0 Å². The molecule has 0 saturated heterocycles. The molecule has 0 saturated carbocycles. The van der Waals surface area contributed by atoms with Crippen LogP contribution in [0.25, 0.3) is 0 Å². The molecule has 1 aromatic heterocycles. The highest BCUT2D eigenvalue weighted by molar-refractivity contribution is 6.31. The predicted octanol–water partition coefficient (Wildman–Crippen LogP) is 4.12. The number of ether oxygens (including phenoxy) is 2. The number of aromatic amines is 1. The Labute approximate surface area is 161 Å². The van der Waals surface area contributed by atoms with E-state index in [2.05, 4.69) is 15.5 Å². The van der Waals surface area contributed by atoms with Gasteiger partial charge in [-0.15, -0.1) is 0 Å². The van der Waals surface area contributed by atoms with E-state index in [0.717, 1.165) is 16.7 Å². The average Bonchev–Trinajstić information content (AvgIpc) is 3.15. The van der Waals surface area contributed by atoms with E-state index in [4.69, 9.17) is 21.1 Å². The molecule has 3 aromatic rings. The van der Waals surface area contributed by atoms with Crippen LogP contribution >= 0.6 is 11.6 Å². The monoisotopic (exact) mass is 383 g/mol. The third-order valence-corrected chi connectivity index (χ3v) is 5.00. The topological polar surface area (TPSA) is 76.2 Å². The van der Waals surface area contributed by atoms with E-state index in [0.29, 0.717) is 35.4 Å². The Kier molecular flexibility index (Phi) is 4.73. The first-order valence-corrected chi connectivity index (χ1v) is 8.91. The van der Waals surface area contributed by atoms with Gasteiger partial charge in [0.2, 0.25) is 5.91 Å². The highest BCUT2D eigenvalue weighted by atomic mass is 35.5. The Bertz CT molecular complexity index is 986. The number of hydrogen-bond donors (Lipinski definition) is 2. The van der Waals surface area contributed by atoms with Gasteiger partial charge in [-0.3, -0.25) is 9.89 Å². The van der Waals surface area contributed by atoms with Gasteiger partial charge in [-0.1, -0.05) is 41.9 Å². The number of methoxy groups -OCH3 is 1. The number of para-hydroxylation sites is 1. The maximum absolute atomic E-state index is 12.1. The summed E-state index contributed by atoms with van der Waals surface area (Å²) < 4.78 is 11.6. The number of benzene rings is 2. The van der Waals surface area contributed by atoms with Crippen molar-refractivity contribution in [3.05, 3.63) is 70.4 Å². The Morgan fingerprint density at radius 2 is 2.04 bits per heavy atom. The van der Waals surface area contributed by atoms with Gasteiger partial charge in [-0.25, -0.2) is 0 Å². The molecule has 0 aliphatic carbocycles. The molecule has 0 radical (unpaired) electrons. The summed E-state index contributed by atoms with van der Waals surface area (Å²) in [5.41, 5.74) is 2.67. The average molecular weight is 384 g/mol. The number of hydrogen-bond acceptors (Lipinski definition) is 4. The summed E-state index contributed by atoms with van der Waals surface area (Å²) in [5.74, 6) is 1.58. The Morgan fingerprint density at radius 3 is 2.85 bits per heavy atom. The first-order valence-electron chi connectivity index (χ1n) is 8.53. The number of nitrogens with zero attached hydrogens (tertiary/aromatic N) is 1. The van der Waals surface area contributed by atoms with Crippen LogP contribution in [0.1, 0.15) is 29.0 Å². The molecule has 1 unspecified atom stereocenters. The van der Waals surface area contributed by atoms with Crippen LogP contribution in [-0.2, 0) is 11.4 Å². The first kappa shape index (κ1) is 17.4. The summed E-state index contributed by atoms with van der Waals surface area (Å²) in [5, 5.41) is 10.3. The Hall–Kier alpha value is -2.99. The number of H-pyrrole nitrogens is 1. The van der Waals surface area contributed by atoms with E-state index in [1.807, 2.05) is 42.5 Å². The van der Waals surface area contributed by atoms with Crippen LogP contribution in [0.5, 0.6) is 11.5 Å². The first-order chi connectivity index (χ1) is 13.2. The van der Waals surface area contributed by atoms with E-state index >= 15 is 0 Å². The molecule has 0 bridgehead atoms. The lowest BCUT2D eigenvalue weighted by Crippen LogP contribution is -2.23. The molecule has 1 amide bonds. The molecule has 2 heterocycles. The number of halogens is 1. The van der Waals surface area contributed by atoms with Crippen LogP contribution in [0, 0.1) is 0 Å². The largest absolute Gasteiger partial charge is 0.493 e. The van der Waals surface area contributed by atoms with E-state index in [-0.39, 0.29) is 11.8 Å². The standard InChI is InChI=1S/C20H18ClN3O3/c1-26-17-8-4-6-13(14-9-18(25)23-20-15(14)10-22-24-20)19(17)27-11-12-5-2-3-7-16(12)21/h2-8,10,14H,9,11H2,1H3,(H2,22,23,24,25). The highest BCUT2D eigenvalue weighted by Crippen LogP contribution is 2.43. The van der Waals surface area contributed by atoms with Crippen molar-refractivity contribution in [2.24, 2.45) is 0 Å². The molecule has 27 heavy (non-hydrogen) atoms. The zero-order valence-electron chi connectivity index (χ0n) is 14.7. The van der Waals surface area contributed by atoms with Gasteiger partial charge in [0.15, 0.2) is 11.5 Å². The minimum absolute atomic E-state index is 0.0726. The number of carbonyl (C=O) groups excluding carboxylic acids is 1. The van der Waals surface area contributed by atoms with E-state index < -0.39 is 0 Å². The smallest absolute Gasteiger partial charge is 0.226 e. The fourth-order valence-electron chi connectivity index (χ4n) is 3.31. The molecule has 0 fully saturated rings. The third-order valence-electron chi connectivity index (χ3n) is 4.63. The quantitative estimate of drug-likeness (QED) is 0.694. The summed E-state index contributed by atoms with van der Waals surface area (Å²) in [4.78, 5) is 12.1. The lowest BCUT2D eigenvalue weighted by Gasteiger charge is -2.25. The van der Waals surface area contributed by atoms with Crippen LogP contribution in [0.4, 0.5) is 5.82 Å². The summed E-state index contributed by atoms with van der Waals surface area (Å²) in [6, 6.07) is 13.2. The van der Waals surface area contributed by atoms with Crippen LogP contribution in [0.15, 0.2) is 48.7 Å². The van der Waals surface area contributed by atoms with Crippen LogP contribution in [-0.4, -0.2) is 23.2 Å². The van der Waals surface area contributed by atoms with Crippen molar-refractivity contribution >= 4 is 23.3 Å². The van der Waals surface area contributed by atoms with E-state index in [1.54, 1.807) is 13.3 Å². The number of fused-ring (bicyclic) bond motifs is 1. The Morgan fingerprint density at radius 1 is 1.19 bits per heavy atom.